The lowest BCUT2D eigenvalue weighted by molar-refractivity contribution is 0.102. The van der Waals surface area contributed by atoms with Crippen LogP contribution in [0.2, 0.25) is 0 Å². The Bertz CT molecular complexity index is 414. The second-order valence-electron chi connectivity index (χ2n) is 5.15. The molecule has 0 aromatic heterocycles. The standard InChI is InChI=1S/C14H21BrN2O/c1-14(2,17-8-6-16-7-9-17)11-4-5-13(18-3)12(15)10-11/h4-5,10,16H,6-9H2,1-3H3. The van der Waals surface area contributed by atoms with Gasteiger partial charge in [-0.3, -0.25) is 4.90 Å². The van der Waals surface area contributed by atoms with E-state index in [1.807, 2.05) is 6.07 Å². The maximum Gasteiger partial charge on any atom is 0.133 e. The minimum absolute atomic E-state index is 0.0525. The van der Waals surface area contributed by atoms with Crippen LogP contribution in [0.15, 0.2) is 22.7 Å². The van der Waals surface area contributed by atoms with Gasteiger partial charge in [-0.1, -0.05) is 6.07 Å². The van der Waals surface area contributed by atoms with Crippen molar-refractivity contribution in [1.29, 1.82) is 0 Å². The highest BCUT2D eigenvalue weighted by Gasteiger charge is 2.29. The van der Waals surface area contributed by atoms with Gasteiger partial charge in [0.25, 0.3) is 0 Å². The van der Waals surface area contributed by atoms with E-state index < -0.39 is 0 Å². The van der Waals surface area contributed by atoms with E-state index in [1.165, 1.54) is 5.56 Å². The van der Waals surface area contributed by atoms with Gasteiger partial charge in [-0.15, -0.1) is 0 Å². The van der Waals surface area contributed by atoms with Gasteiger partial charge in [0, 0.05) is 31.7 Å². The predicted octanol–water partition coefficient (Wildman–Crippen LogP) is 2.60. The fourth-order valence-electron chi connectivity index (χ4n) is 2.45. The normalized spacial score (nSPS) is 17.8. The Kier molecular flexibility index (Phi) is 4.30. The Balaban J connectivity index is 2.25. The van der Waals surface area contributed by atoms with Gasteiger partial charge < -0.3 is 10.1 Å². The molecule has 0 radical (unpaired) electrons. The molecule has 1 saturated heterocycles. The molecule has 1 aliphatic rings. The molecule has 0 spiro atoms. The molecular formula is C14H21BrN2O. The van der Waals surface area contributed by atoms with Crippen LogP contribution in [0.4, 0.5) is 0 Å². The molecule has 0 amide bonds. The molecule has 0 bridgehead atoms. The quantitative estimate of drug-likeness (QED) is 0.928. The van der Waals surface area contributed by atoms with Crippen molar-refractivity contribution in [3.8, 4) is 5.75 Å². The molecule has 0 saturated carbocycles. The van der Waals surface area contributed by atoms with Crippen LogP contribution in [0, 0.1) is 0 Å². The molecular weight excluding hydrogens is 292 g/mol. The van der Waals surface area contributed by atoms with Crippen LogP contribution in [-0.4, -0.2) is 38.2 Å². The summed E-state index contributed by atoms with van der Waals surface area (Å²) in [7, 11) is 1.70. The number of rotatable bonds is 3. The summed E-state index contributed by atoms with van der Waals surface area (Å²) in [6.07, 6.45) is 0. The molecule has 0 unspecified atom stereocenters. The van der Waals surface area contributed by atoms with Gasteiger partial charge in [-0.2, -0.15) is 0 Å². The lowest BCUT2D eigenvalue weighted by atomic mass is 9.91. The largest absolute Gasteiger partial charge is 0.496 e. The van der Waals surface area contributed by atoms with Crippen molar-refractivity contribution in [3.63, 3.8) is 0 Å². The van der Waals surface area contributed by atoms with Crippen molar-refractivity contribution >= 4 is 15.9 Å². The monoisotopic (exact) mass is 312 g/mol. The van der Waals surface area contributed by atoms with E-state index in [4.69, 9.17) is 4.74 Å². The topological polar surface area (TPSA) is 24.5 Å². The number of hydrogen-bond acceptors (Lipinski definition) is 3. The summed E-state index contributed by atoms with van der Waals surface area (Å²) in [6.45, 7) is 8.90. The zero-order chi connectivity index (χ0) is 13.2. The van der Waals surface area contributed by atoms with Crippen molar-refractivity contribution in [1.82, 2.24) is 10.2 Å². The van der Waals surface area contributed by atoms with Crippen LogP contribution in [0.5, 0.6) is 5.75 Å². The van der Waals surface area contributed by atoms with Gasteiger partial charge in [0.15, 0.2) is 0 Å². The zero-order valence-corrected chi connectivity index (χ0v) is 12.9. The van der Waals surface area contributed by atoms with E-state index in [0.717, 1.165) is 36.4 Å². The van der Waals surface area contributed by atoms with Gasteiger partial charge in [-0.05, 0) is 47.5 Å². The Hall–Kier alpha value is -0.580. The summed E-state index contributed by atoms with van der Waals surface area (Å²) in [4.78, 5) is 2.53. The van der Waals surface area contributed by atoms with E-state index in [9.17, 15) is 0 Å². The first-order chi connectivity index (χ1) is 8.55. The molecule has 2 rings (SSSR count). The number of methoxy groups -OCH3 is 1. The van der Waals surface area contributed by atoms with Crippen LogP contribution in [-0.2, 0) is 5.54 Å². The maximum atomic E-state index is 5.29. The summed E-state index contributed by atoms with van der Waals surface area (Å²) in [5, 5.41) is 3.40. The van der Waals surface area contributed by atoms with Gasteiger partial charge in [0.2, 0.25) is 0 Å². The van der Waals surface area contributed by atoms with Crippen LogP contribution in [0.25, 0.3) is 0 Å². The molecule has 1 N–H and O–H groups in total. The Labute approximate surface area is 118 Å². The van der Waals surface area contributed by atoms with E-state index in [1.54, 1.807) is 7.11 Å². The summed E-state index contributed by atoms with van der Waals surface area (Å²) in [6, 6.07) is 6.36. The molecule has 3 nitrogen and oxygen atoms in total. The van der Waals surface area contributed by atoms with Crippen molar-refractivity contribution in [2.45, 2.75) is 19.4 Å². The molecule has 1 aliphatic heterocycles. The molecule has 18 heavy (non-hydrogen) atoms. The lowest BCUT2D eigenvalue weighted by Crippen LogP contribution is -2.51. The third-order valence-electron chi connectivity index (χ3n) is 3.77. The highest BCUT2D eigenvalue weighted by molar-refractivity contribution is 9.10. The van der Waals surface area contributed by atoms with E-state index in [0.29, 0.717) is 0 Å². The average Bonchev–Trinajstić information content (AvgIpc) is 2.39. The Morgan fingerprint density at radius 3 is 2.50 bits per heavy atom. The van der Waals surface area contributed by atoms with Gasteiger partial charge >= 0.3 is 0 Å². The number of nitrogens with one attached hydrogen (secondary N) is 1. The van der Waals surface area contributed by atoms with Gasteiger partial charge in [0.05, 0.1) is 11.6 Å². The number of hydrogen-bond donors (Lipinski definition) is 1. The van der Waals surface area contributed by atoms with Gasteiger partial charge in [0.1, 0.15) is 5.75 Å². The Morgan fingerprint density at radius 2 is 1.94 bits per heavy atom. The van der Waals surface area contributed by atoms with Crippen LogP contribution < -0.4 is 10.1 Å². The fraction of sp³-hybridized carbons (Fsp3) is 0.571. The molecule has 1 aromatic carbocycles. The van der Waals surface area contributed by atoms with Crippen LogP contribution in [0.1, 0.15) is 19.4 Å². The molecule has 0 aliphatic carbocycles. The number of ether oxygens (including phenoxy) is 1. The number of benzene rings is 1. The highest BCUT2D eigenvalue weighted by Crippen LogP contribution is 2.33. The molecule has 0 atom stereocenters. The number of piperazine rings is 1. The second-order valence-corrected chi connectivity index (χ2v) is 6.00. The van der Waals surface area contributed by atoms with Gasteiger partial charge in [-0.25, -0.2) is 0 Å². The number of nitrogens with zero attached hydrogens (tertiary/aromatic N) is 1. The molecule has 1 fully saturated rings. The van der Waals surface area contributed by atoms with Crippen molar-refractivity contribution in [3.05, 3.63) is 28.2 Å². The first kappa shape index (κ1) is 13.8. The van der Waals surface area contributed by atoms with Crippen molar-refractivity contribution in [2.24, 2.45) is 0 Å². The first-order valence-electron chi connectivity index (χ1n) is 6.35. The lowest BCUT2D eigenvalue weighted by Gasteiger charge is -2.41. The third kappa shape index (κ3) is 2.71. The first-order valence-corrected chi connectivity index (χ1v) is 7.15. The Morgan fingerprint density at radius 1 is 1.28 bits per heavy atom. The van der Waals surface area contributed by atoms with Crippen LogP contribution >= 0.6 is 15.9 Å². The van der Waals surface area contributed by atoms with E-state index in [2.05, 4.69) is 52.1 Å². The molecule has 100 valence electrons. The maximum absolute atomic E-state index is 5.29. The highest BCUT2D eigenvalue weighted by atomic mass is 79.9. The summed E-state index contributed by atoms with van der Waals surface area (Å²) in [5.41, 5.74) is 1.37. The SMILES string of the molecule is COc1ccc(C(C)(C)N2CCNCC2)cc1Br. The van der Waals surface area contributed by atoms with Crippen molar-refractivity contribution in [2.75, 3.05) is 33.3 Å². The minimum Gasteiger partial charge on any atom is -0.496 e. The number of halogens is 1. The second kappa shape index (κ2) is 5.59. The minimum atomic E-state index is 0.0525. The average molecular weight is 313 g/mol. The molecule has 1 aromatic rings. The third-order valence-corrected chi connectivity index (χ3v) is 4.39. The molecule has 4 heteroatoms. The zero-order valence-electron chi connectivity index (χ0n) is 11.3. The smallest absolute Gasteiger partial charge is 0.133 e. The van der Waals surface area contributed by atoms with Crippen LogP contribution in [0.3, 0.4) is 0 Å². The summed E-state index contributed by atoms with van der Waals surface area (Å²) in [5.74, 6) is 0.884. The molecule has 1 heterocycles. The summed E-state index contributed by atoms with van der Waals surface area (Å²) < 4.78 is 6.31. The predicted molar refractivity (Wildman–Crippen MR) is 78.2 cm³/mol. The fourth-order valence-corrected chi connectivity index (χ4v) is 2.99. The van der Waals surface area contributed by atoms with E-state index >= 15 is 0 Å². The summed E-state index contributed by atoms with van der Waals surface area (Å²) >= 11 is 3.57. The van der Waals surface area contributed by atoms with E-state index in [-0.39, 0.29) is 5.54 Å². The van der Waals surface area contributed by atoms with Crippen molar-refractivity contribution < 1.29 is 4.74 Å².